The Morgan fingerprint density at radius 2 is 1.66 bits per heavy atom. The first-order valence-corrected chi connectivity index (χ1v) is 10.6. The molecular formula is C24H22N2O2S. The van der Waals surface area contributed by atoms with Gasteiger partial charge in [0.25, 0.3) is 11.8 Å². The van der Waals surface area contributed by atoms with Crippen LogP contribution in [0.2, 0.25) is 0 Å². The molecule has 0 radical (unpaired) electrons. The monoisotopic (exact) mass is 402 g/mol. The molecule has 1 aliphatic heterocycles. The van der Waals surface area contributed by atoms with Gasteiger partial charge in [0.2, 0.25) is 0 Å². The number of anilines is 2. The Kier molecular flexibility index (Phi) is 5.58. The molecule has 3 aromatic rings. The molecule has 0 saturated carbocycles. The van der Waals surface area contributed by atoms with E-state index in [0.29, 0.717) is 17.0 Å². The van der Waals surface area contributed by atoms with E-state index < -0.39 is 0 Å². The Bertz CT molecular complexity index is 1040. The maximum absolute atomic E-state index is 13.3. The predicted octanol–water partition coefficient (Wildman–Crippen LogP) is 5.49. The van der Waals surface area contributed by atoms with Crippen molar-refractivity contribution in [3.8, 4) is 0 Å². The zero-order valence-corrected chi connectivity index (χ0v) is 17.0. The van der Waals surface area contributed by atoms with E-state index in [4.69, 9.17) is 0 Å². The fourth-order valence-corrected chi connectivity index (χ4v) is 4.16. The van der Waals surface area contributed by atoms with E-state index in [2.05, 4.69) is 12.2 Å². The summed E-state index contributed by atoms with van der Waals surface area (Å²) >= 11 is 1.45. The lowest BCUT2D eigenvalue weighted by Gasteiger charge is -2.16. The number of rotatable bonds is 7. The van der Waals surface area contributed by atoms with Crippen molar-refractivity contribution in [2.24, 2.45) is 0 Å². The van der Waals surface area contributed by atoms with Crippen LogP contribution in [0.15, 0.2) is 77.8 Å². The Morgan fingerprint density at radius 3 is 2.31 bits per heavy atom. The quantitative estimate of drug-likeness (QED) is 0.532. The molecule has 4 rings (SSSR count). The minimum atomic E-state index is -0.330. The van der Waals surface area contributed by atoms with E-state index in [1.165, 1.54) is 21.8 Å². The summed E-state index contributed by atoms with van der Waals surface area (Å²) in [5.74, 6) is -0.624. The standard InChI is InChI=1S/C24H22N2O2S/c1-2-3-8-17-12-14-19(15-13-17)26-23(27)21(20-11-7-16-29-20)22(24(26)28)25-18-9-5-4-6-10-18/h4-7,9-16,25H,2-3,8H2,1H3. The summed E-state index contributed by atoms with van der Waals surface area (Å²) in [4.78, 5) is 28.6. The number of hydrogen-bond acceptors (Lipinski definition) is 4. The van der Waals surface area contributed by atoms with Crippen LogP contribution in [0, 0.1) is 0 Å². The molecule has 0 spiro atoms. The van der Waals surface area contributed by atoms with Crippen molar-refractivity contribution < 1.29 is 9.59 Å². The molecule has 2 heterocycles. The van der Waals surface area contributed by atoms with Gasteiger partial charge in [-0.1, -0.05) is 49.7 Å². The third-order valence-corrected chi connectivity index (χ3v) is 5.80. The van der Waals surface area contributed by atoms with E-state index in [1.807, 2.05) is 72.1 Å². The molecule has 0 aliphatic carbocycles. The average Bonchev–Trinajstić information content (AvgIpc) is 3.35. The lowest BCUT2D eigenvalue weighted by atomic mass is 10.1. The fourth-order valence-electron chi connectivity index (χ4n) is 3.39. The molecule has 1 aromatic heterocycles. The van der Waals surface area contributed by atoms with Gasteiger partial charge in [-0.3, -0.25) is 9.59 Å². The Labute approximate surface area is 174 Å². The third kappa shape index (κ3) is 3.87. The molecule has 0 fully saturated rings. The van der Waals surface area contributed by atoms with Crippen molar-refractivity contribution in [2.75, 3.05) is 10.2 Å². The SMILES string of the molecule is CCCCc1ccc(N2C(=O)C(Nc3ccccc3)=C(c3cccs3)C2=O)cc1. The van der Waals surface area contributed by atoms with E-state index in [-0.39, 0.29) is 11.8 Å². The van der Waals surface area contributed by atoms with Gasteiger partial charge < -0.3 is 5.32 Å². The van der Waals surface area contributed by atoms with Gasteiger partial charge in [-0.05, 0) is 54.1 Å². The van der Waals surface area contributed by atoms with E-state index in [9.17, 15) is 9.59 Å². The highest BCUT2D eigenvalue weighted by atomic mass is 32.1. The topological polar surface area (TPSA) is 49.4 Å². The number of nitrogens with zero attached hydrogens (tertiary/aromatic N) is 1. The van der Waals surface area contributed by atoms with E-state index in [1.54, 1.807) is 0 Å². The number of benzene rings is 2. The third-order valence-electron chi connectivity index (χ3n) is 4.91. The van der Waals surface area contributed by atoms with E-state index in [0.717, 1.165) is 29.8 Å². The van der Waals surface area contributed by atoms with Gasteiger partial charge in [0, 0.05) is 10.6 Å². The lowest BCUT2D eigenvalue weighted by molar-refractivity contribution is -0.120. The van der Waals surface area contributed by atoms with Gasteiger partial charge in [0.05, 0.1) is 11.3 Å². The number of unbranched alkanes of at least 4 members (excludes halogenated alkanes) is 1. The van der Waals surface area contributed by atoms with Gasteiger partial charge >= 0.3 is 0 Å². The van der Waals surface area contributed by atoms with Crippen LogP contribution < -0.4 is 10.2 Å². The van der Waals surface area contributed by atoms with Crippen LogP contribution >= 0.6 is 11.3 Å². The number of nitrogens with one attached hydrogen (secondary N) is 1. The molecule has 4 nitrogen and oxygen atoms in total. The number of carbonyl (C=O) groups is 2. The zero-order valence-electron chi connectivity index (χ0n) is 16.2. The summed E-state index contributed by atoms with van der Waals surface area (Å²) in [6.07, 6.45) is 3.25. The molecule has 0 bridgehead atoms. The number of amides is 2. The van der Waals surface area contributed by atoms with Gasteiger partial charge in [0.1, 0.15) is 5.70 Å². The van der Waals surface area contributed by atoms with Gasteiger partial charge in [0.15, 0.2) is 0 Å². The van der Waals surface area contributed by atoms with Crippen LogP contribution in [0.25, 0.3) is 5.57 Å². The van der Waals surface area contributed by atoms with Crippen molar-refractivity contribution in [1.82, 2.24) is 0 Å². The van der Waals surface area contributed by atoms with Gasteiger partial charge in [-0.2, -0.15) is 0 Å². The van der Waals surface area contributed by atoms with Crippen LogP contribution in [0.3, 0.4) is 0 Å². The second-order valence-corrected chi connectivity index (χ2v) is 7.88. The minimum absolute atomic E-state index is 0.294. The molecule has 0 atom stereocenters. The molecule has 146 valence electrons. The van der Waals surface area contributed by atoms with Crippen molar-refractivity contribution in [1.29, 1.82) is 0 Å². The largest absolute Gasteiger partial charge is 0.350 e. The Hall–Kier alpha value is -3.18. The first kappa shape index (κ1) is 19.2. The highest BCUT2D eigenvalue weighted by Crippen LogP contribution is 2.35. The van der Waals surface area contributed by atoms with Crippen LogP contribution in [-0.2, 0) is 16.0 Å². The average molecular weight is 403 g/mol. The Morgan fingerprint density at radius 1 is 0.897 bits per heavy atom. The first-order valence-electron chi connectivity index (χ1n) is 9.77. The smallest absolute Gasteiger partial charge is 0.282 e. The van der Waals surface area contributed by atoms with Crippen molar-refractivity contribution in [3.63, 3.8) is 0 Å². The summed E-state index contributed by atoms with van der Waals surface area (Å²) in [6, 6.07) is 20.9. The number of imide groups is 1. The first-order chi connectivity index (χ1) is 14.2. The molecule has 2 aromatic carbocycles. The van der Waals surface area contributed by atoms with Crippen molar-refractivity contribution in [3.05, 3.63) is 88.2 Å². The summed E-state index contributed by atoms with van der Waals surface area (Å²) in [5, 5.41) is 5.08. The normalized spacial score (nSPS) is 14.0. The number of carbonyl (C=O) groups excluding carboxylic acids is 2. The Balaban J connectivity index is 1.69. The summed E-state index contributed by atoms with van der Waals surface area (Å²) in [6.45, 7) is 2.16. The van der Waals surface area contributed by atoms with Crippen LogP contribution in [-0.4, -0.2) is 11.8 Å². The summed E-state index contributed by atoms with van der Waals surface area (Å²) in [7, 11) is 0. The second-order valence-electron chi connectivity index (χ2n) is 6.93. The molecule has 5 heteroatoms. The minimum Gasteiger partial charge on any atom is -0.350 e. The lowest BCUT2D eigenvalue weighted by Crippen LogP contribution is -2.32. The number of hydrogen-bond donors (Lipinski definition) is 1. The summed E-state index contributed by atoms with van der Waals surface area (Å²) in [5.41, 5.74) is 3.32. The fraction of sp³-hybridized carbons (Fsp3) is 0.167. The van der Waals surface area contributed by atoms with E-state index >= 15 is 0 Å². The highest BCUT2D eigenvalue weighted by Gasteiger charge is 2.40. The molecular weight excluding hydrogens is 380 g/mol. The molecule has 1 N–H and O–H groups in total. The summed E-state index contributed by atoms with van der Waals surface area (Å²) < 4.78 is 0. The van der Waals surface area contributed by atoms with Crippen molar-refractivity contribution in [2.45, 2.75) is 26.2 Å². The molecule has 0 unspecified atom stereocenters. The molecule has 0 saturated heterocycles. The molecule has 2 amide bonds. The number of thiophene rings is 1. The van der Waals surface area contributed by atoms with Gasteiger partial charge in [-0.15, -0.1) is 11.3 Å². The van der Waals surface area contributed by atoms with Crippen LogP contribution in [0.5, 0.6) is 0 Å². The van der Waals surface area contributed by atoms with Crippen molar-refractivity contribution >= 4 is 40.1 Å². The number of para-hydroxylation sites is 1. The van der Waals surface area contributed by atoms with Gasteiger partial charge in [-0.25, -0.2) is 4.90 Å². The van der Waals surface area contributed by atoms with Crippen LogP contribution in [0.1, 0.15) is 30.2 Å². The van der Waals surface area contributed by atoms with Crippen LogP contribution in [0.4, 0.5) is 11.4 Å². The second kappa shape index (κ2) is 8.45. The maximum atomic E-state index is 13.3. The number of aryl methyl sites for hydroxylation is 1. The highest BCUT2D eigenvalue weighted by molar-refractivity contribution is 7.11. The predicted molar refractivity (Wildman–Crippen MR) is 119 cm³/mol. The molecule has 29 heavy (non-hydrogen) atoms. The molecule has 1 aliphatic rings. The maximum Gasteiger partial charge on any atom is 0.282 e. The zero-order chi connectivity index (χ0) is 20.2.